The molecule has 33 heavy (non-hydrogen) atoms. The molecule has 0 bridgehead atoms. The second-order valence-corrected chi connectivity index (χ2v) is 9.40. The molecule has 6 nitrogen and oxygen atoms in total. The van der Waals surface area contributed by atoms with E-state index >= 15 is 0 Å². The average Bonchev–Trinajstić information content (AvgIpc) is 3.17. The molecule has 2 N–H and O–H groups in total. The molecule has 2 aromatic carbocycles. The normalized spacial score (nSPS) is 13.5. The minimum atomic E-state index is -0.0617. The van der Waals surface area contributed by atoms with Crippen molar-refractivity contribution in [3.05, 3.63) is 73.9 Å². The Bertz CT molecular complexity index is 1470. The summed E-state index contributed by atoms with van der Waals surface area (Å²) in [7, 11) is 0. The summed E-state index contributed by atoms with van der Waals surface area (Å²) in [6.45, 7) is 1.90. The molecule has 170 valence electrons. The number of fused-ring (bicyclic) bond motifs is 4. The largest absolute Gasteiger partial charge is 0.358 e. The zero-order chi connectivity index (χ0) is 22.9. The van der Waals surface area contributed by atoms with Crippen molar-refractivity contribution in [3.63, 3.8) is 0 Å². The number of hydrogen-bond donors (Lipinski definition) is 2. The van der Waals surface area contributed by atoms with E-state index in [4.69, 9.17) is 23.8 Å². The minimum Gasteiger partial charge on any atom is -0.358 e. The van der Waals surface area contributed by atoms with E-state index in [0.717, 1.165) is 48.6 Å². The number of para-hydroxylation sites is 1. The predicted octanol–water partition coefficient (Wildman–Crippen LogP) is 5.34. The SMILES string of the molecule is O=C(CCCCCn1c(=S)[nH]c2ccccc2c1=O)N1CCc2[nH]c3ccc(Cl)cc3c2C1. The fourth-order valence-corrected chi connectivity index (χ4v) is 5.14. The number of halogens is 1. The quantitative estimate of drug-likeness (QED) is 0.289. The Morgan fingerprint density at radius 1 is 1.03 bits per heavy atom. The van der Waals surface area contributed by atoms with Gasteiger partial charge >= 0.3 is 0 Å². The van der Waals surface area contributed by atoms with E-state index < -0.39 is 0 Å². The van der Waals surface area contributed by atoms with Crippen molar-refractivity contribution in [2.45, 2.75) is 45.2 Å². The molecule has 5 rings (SSSR count). The molecule has 0 spiro atoms. The molecule has 0 radical (unpaired) electrons. The summed E-state index contributed by atoms with van der Waals surface area (Å²) in [6, 6.07) is 13.2. The van der Waals surface area contributed by atoms with Gasteiger partial charge in [0.05, 0.1) is 10.9 Å². The lowest BCUT2D eigenvalue weighted by Gasteiger charge is -2.27. The number of benzene rings is 2. The number of carbonyl (C=O) groups excluding carboxylic acids is 1. The van der Waals surface area contributed by atoms with Crippen molar-refractivity contribution in [1.29, 1.82) is 0 Å². The molecule has 0 fully saturated rings. The number of hydrogen-bond acceptors (Lipinski definition) is 3. The van der Waals surface area contributed by atoms with E-state index in [9.17, 15) is 9.59 Å². The van der Waals surface area contributed by atoms with Crippen molar-refractivity contribution >= 4 is 51.5 Å². The third-order valence-corrected chi connectivity index (χ3v) is 7.01. The zero-order valence-electron chi connectivity index (χ0n) is 18.2. The van der Waals surface area contributed by atoms with Crippen LogP contribution in [0.2, 0.25) is 5.02 Å². The van der Waals surface area contributed by atoms with Crippen molar-refractivity contribution in [3.8, 4) is 0 Å². The van der Waals surface area contributed by atoms with Gasteiger partial charge in [0.2, 0.25) is 5.91 Å². The Hall–Kier alpha value is -2.90. The van der Waals surface area contributed by atoms with E-state index in [-0.39, 0.29) is 11.5 Å². The van der Waals surface area contributed by atoms with E-state index in [1.807, 2.05) is 47.4 Å². The molecule has 1 amide bonds. The van der Waals surface area contributed by atoms with Gasteiger partial charge < -0.3 is 14.9 Å². The highest BCUT2D eigenvalue weighted by molar-refractivity contribution is 7.71. The number of amides is 1. The van der Waals surface area contributed by atoms with Gasteiger partial charge in [-0.25, -0.2) is 0 Å². The maximum Gasteiger partial charge on any atom is 0.262 e. The molecule has 3 heterocycles. The van der Waals surface area contributed by atoms with Crippen LogP contribution in [0.15, 0.2) is 47.3 Å². The Morgan fingerprint density at radius 2 is 1.85 bits per heavy atom. The van der Waals surface area contributed by atoms with E-state index in [1.165, 1.54) is 11.3 Å². The molecule has 1 aliphatic rings. The number of nitrogens with one attached hydrogen (secondary N) is 2. The van der Waals surface area contributed by atoms with E-state index in [1.54, 1.807) is 4.57 Å². The first-order valence-corrected chi connectivity index (χ1v) is 12.1. The van der Waals surface area contributed by atoms with Crippen LogP contribution in [-0.2, 0) is 24.3 Å². The van der Waals surface area contributed by atoms with Gasteiger partial charge in [-0.2, -0.15) is 0 Å². The van der Waals surface area contributed by atoms with Crippen molar-refractivity contribution in [2.75, 3.05) is 6.54 Å². The molecule has 1 aliphatic heterocycles. The van der Waals surface area contributed by atoms with Crippen LogP contribution < -0.4 is 5.56 Å². The van der Waals surface area contributed by atoms with Crippen LogP contribution in [0.3, 0.4) is 0 Å². The smallest absolute Gasteiger partial charge is 0.262 e. The summed E-state index contributed by atoms with van der Waals surface area (Å²) in [5, 5.41) is 2.45. The van der Waals surface area contributed by atoms with Gasteiger partial charge in [-0.05, 0) is 55.4 Å². The highest BCUT2D eigenvalue weighted by Crippen LogP contribution is 2.30. The molecule has 0 saturated carbocycles. The summed E-state index contributed by atoms with van der Waals surface area (Å²) < 4.78 is 2.06. The third kappa shape index (κ3) is 4.35. The lowest BCUT2D eigenvalue weighted by atomic mass is 10.0. The van der Waals surface area contributed by atoms with E-state index in [2.05, 4.69) is 9.97 Å². The number of rotatable bonds is 6. The first kappa shape index (κ1) is 21.9. The Balaban J connectivity index is 1.16. The predicted molar refractivity (Wildman–Crippen MR) is 134 cm³/mol. The van der Waals surface area contributed by atoms with Crippen LogP contribution in [0.5, 0.6) is 0 Å². The Kier molecular flexibility index (Phi) is 6.08. The zero-order valence-corrected chi connectivity index (χ0v) is 19.8. The molecule has 0 aliphatic carbocycles. The third-order valence-electron chi connectivity index (χ3n) is 6.45. The highest BCUT2D eigenvalue weighted by Gasteiger charge is 2.23. The number of aromatic amines is 2. The van der Waals surface area contributed by atoms with Gasteiger partial charge in [-0.1, -0.05) is 30.2 Å². The minimum absolute atomic E-state index is 0.0617. The van der Waals surface area contributed by atoms with Crippen LogP contribution in [-0.4, -0.2) is 31.9 Å². The van der Waals surface area contributed by atoms with Gasteiger partial charge in [0, 0.05) is 59.7 Å². The van der Waals surface area contributed by atoms with Gasteiger partial charge in [0.15, 0.2) is 4.77 Å². The van der Waals surface area contributed by atoms with Crippen molar-refractivity contribution in [1.82, 2.24) is 19.4 Å². The fourth-order valence-electron chi connectivity index (χ4n) is 4.68. The maximum atomic E-state index is 12.8. The standard InChI is InChI=1S/C25H25ClN4O2S/c26-16-9-10-21-18(14-16)19-15-29(13-11-22(19)27-21)23(31)8-2-1-5-12-30-24(32)17-6-3-4-7-20(17)28-25(30)33/h3-4,6-7,9-10,14,27H,1-2,5,8,11-13,15H2,(H,28,33). The summed E-state index contributed by atoms with van der Waals surface area (Å²) in [5.41, 5.74) is 4.15. The first-order chi connectivity index (χ1) is 16.0. The van der Waals surface area contributed by atoms with Crippen molar-refractivity contribution in [2.24, 2.45) is 0 Å². The first-order valence-electron chi connectivity index (χ1n) is 11.3. The summed E-state index contributed by atoms with van der Waals surface area (Å²) in [4.78, 5) is 34.1. The van der Waals surface area contributed by atoms with Gasteiger partial charge in [-0.3, -0.25) is 14.2 Å². The number of H-pyrrole nitrogens is 2. The molecule has 0 unspecified atom stereocenters. The van der Waals surface area contributed by atoms with Gasteiger partial charge in [0.1, 0.15) is 0 Å². The number of unbranched alkanes of at least 4 members (excludes halogenated alkanes) is 2. The Labute approximate surface area is 201 Å². The fraction of sp³-hybridized carbons (Fsp3) is 0.320. The van der Waals surface area contributed by atoms with Crippen LogP contribution in [0.25, 0.3) is 21.8 Å². The molecular weight excluding hydrogens is 456 g/mol. The molecule has 8 heteroatoms. The second-order valence-electron chi connectivity index (χ2n) is 8.58. The molecule has 0 saturated heterocycles. The van der Waals surface area contributed by atoms with Gasteiger partial charge in [0.25, 0.3) is 5.56 Å². The number of carbonyl (C=O) groups is 1. The number of nitrogens with zero attached hydrogens (tertiary/aromatic N) is 2. The molecular formula is C25H25ClN4O2S. The average molecular weight is 481 g/mol. The monoisotopic (exact) mass is 480 g/mol. The lowest BCUT2D eigenvalue weighted by Crippen LogP contribution is -2.35. The van der Waals surface area contributed by atoms with Gasteiger partial charge in [-0.15, -0.1) is 0 Å². The van der Waals surface area contributed by atoms with Crippen LogP contribution in [0.4, 0.5) is 0 Å². The van der Waals surface area contributed by atoms with Crippen LogP contribution in [0.1, 0.15) is 36.9 Å². The number of aromatic nitrogens is 3. The molecule has 4 aromatic rings. The van der Waals surface area contributed by atoms with E-state index in [0.29, 0.717) is 34.7 Å². The summed E-state index contributed by atoms with van der Waals surface area (Å²) in [5.74, 6) is 0.178. The lowest BCUT2D eigenvalue weighted by molar-refractivity contribution is -0.132. The summed E-state index contributed by atoms with van der Waals surface area (Å²) >= 11 is 11.6. The summed E-state index contributed by atoms with van der Waals surface area (Å²) in [6.07, 6.45) is 3.80. The highest BCUT2D eigenvalue weighted by atomic mass is 35.5. The maximum absolute atomic E-state index is 12.8. The van der Waals surface area contributed by atoms with Crippen molar-refractivity contribution < 1.29 is 4.79 Å². The van der Waals surface area contributed by atoms with Crippen LogP contribution in [0, 0.1) is 4.77 Å². The van der Waals surface area contributed by atoms with Crippen LogP contribution >= 0.6 is 23.8 Å². The second kappa shape index (κ2) is 9.15. The molecule has 0 atom stereocenters. The topological polar surface area (TPSA) is 73.9 Å². The Morgan fingerprint density at radius 3 is 2.73 bits per heavy atom. The molecule has 2 aromatic heterocycles.